The lowest BCUT2D eigenvalue weighted by Crippen LogP contribution is -2.41. The molecule has 2 heterocycles. The number of aromatic nitrogens is 1. The number of hydrogen-bond donors (Lipinski definition) is 2. The lowest BCUT2D eigenvalue weighted by atomic mass is 9.97. The van der Waals surface area contributed by atoms with E-state index in [9.17, 15) is 4.79 Å². The molecule has 0 bridgehead atoms. The predicted molar refractivity (Wildman–Crippen MR) is 74.2 cm³/mol. The quantitative estimate of drug-likeness (QED) is 0.829. The number of carbonyl (C=O) groups excluding carboxylic acids is 1. The summed E-state index contributed by atoms with van der Waals surface area (Å²) in [4.78, 5) is 18.2. The molecule has 2 rings (SSSR count). The van der Waals surface area contributed by atoms with Crippen LogP contribution in [0.2, 0.25) is 0 Å². The second-order valence-electron chi connectivity index (χ2n) is 5.05. The Morgan fingerprint density at radius 3 is 3.21 bits per heavy atom. The van der Waals surface area contributed by atoms with Crippen molar-refractivity contribution < 1.29 is 4.79 Å². The summed E-state index contributed by atoms with van der Waals surface area (Å²) in [5, 5.41) is 2.75. The summed E-state index contributed by atoms with van der Waals surface area (Å²) in [6.07, 6.45) is 3.87. The number of nitrogens with one attached hydrogen (secondary N) is 1. The largest absolute Gasteiger partial charge is 0.359 e. The van der Waals surface area contributed by atoms with Crippen LogP contribution in [0.4, 0.5) is 0 Å². The average Bonchev–Trinajstić information content (AvgIpc) is 2.47. The van der Waals surface area contributed by atoms with E-state index >= 15 is 0 Å². The molecule has 1 unspecified atom stereocenters. The van der Waals surface area contributed by atoms with Crippen LogP contribution in [0, 0.1) is 5.92 Å². The fraction of sp³-hybridized carbons (Fsp3) is 0.571. The molecule has 0 aromatic carbocycles. The van der Waals surface area contributed by atoms with Crippen molar-refractivity contribution in [3.63, 3.8) is 0 Å². The number of rotatable bonds is 4. The molecule has 0 radical (unpaired) electrons. The summed E-state index contributed by atoms with van der Waals surface area (Å²) in [6.45, 7) is 3.21. The Morgan fingerprint density at radius 2 is 2.47 bits per heavy atom. The van der Waals surface area contributed by atoms with Crippen LogP contribution < -0.4 is 11.1 Å². The van der Waals surface area contributed by atoms with Crippen LogP contribution in [0.15, 0.2) is 18.3 Å². The molecule has 0 saturated carbocycles. The number of nitrogens with two attached hydrogens (primary N) is 1. The standard InChI is InChI=1S/C14H22N4O/c1-16-14(19)12-3-2-6-18(10-12)9-11-4-5-17-13(7-11)8-15/h4-5,7,12H,2-3,6,8-10,15H2,1H3,(H,16,19). The molecule has 1 amide bonds. The number of hydrogen-bond acceptors (Lipinski definition) is 4. The predicted octanol–water partition coefficient (Wildman–Crippen LogP) is 0.498. The zero-order valence-electron chi connectivity index (χ0n) is 11.4. The Hall–Kier alpha value is -1.46. The van der Waals surface area contributed by atoms with E-state index < -0.39 is 0 Å². The number of nitrogens with zero attached hydrogens (tertiary/aromatic N) is 2. The van der Waals surface area contributed by atoms with E-state index in [-0.39, 0.29) is 11.8 Å². The normalized spacial score (nSPS) is 20.2. The fourth-order valence-corrected chi connectivity index (χ4v) is 2.61. The zero-order valence-corrected chi connectivity index (χ0v) is 11.4. The maximum absolute atomic E-state index is 11.7. The van der Waals surface area contributed by atoms with E-state index in [1.54, 1.807) is 13.2 Å². The monoisotopic (exact) mass is 262 g/mol. The van der Waals surface area contributed by atoms with Gasteiger partial charge in [-0.15, -0.1) is 0 Å². The van der Waals surface area contributed by atoms with Crippen molar-refractivity contribution in [1.82, 2.24) is 15.2 Å². The van der Waals surface area contributed by atoms with Crippen LogP contribution in [0.25, 0.3) is 0 Å². The topological polar surface area (TPSA) is 71.2 Å². The van der Waals surface area contributed by atoms with Crippen molar-refractivity contribution in [2.24, 2.45) is 11.7 Å². The van der Waals surface area contributed by atoms with Crippen LogP contribution in [-0.4, -0.2) is 35.9 Å². The summed E-state index contributed by atoms with van der Waals surface area (Å²) >= 11 is 0. The molecule has 104 valence electrons. The van der Waals surface area contributed by atoms with E-state index in [4.69, 9.17) is 5.73 Å². The lowest BCUT2D eigenvalue weighted by Gasteiger charge is -2.31. The maximum atomic E-state index is 11.7. The second-order valence-corrected chi connectivity index (χ2v) is 5.05. The summed E-state index contributed by atoms with van der Waals surface area (Å²) in [5.74, 6) is 0.275. The molecule has 5 nitrogen and oxygen atoms in total. The highest BCUT2D eigenvalue weighted by molar-refractivity contribution is 5.78. The molecule has 1 aliphatic heterocycles. The average molecular weight is 262 g/mol. The van der Waals surface area contributed by atoms with Crippen molar-refractivity contribution in [1.29, 1.82) is 0 Å². The van der Waals surface area contributed by atoms with Gasteiger partial charge in [0.15, 0.2) is 0 Å². The van der Waals surface area contributed by atoms with Crippen LogP contribution in [0.3, 0.4) is 0 Å². The van der Waals surface area contributed by atoms with Crippen molar-refractivity contribution in [2.45, 2.75) is 25.9 Å². The molecule has 5 heteroatoms. The Balaban J connectivity index is 1.96. The lowest BCUT2D eigenvalue weighted by molar-refractivity contribution is -0.126. The Morgan fingerprint density at radius 1 is 1.63 bits per heavy atom. The molecule has 1 aliphatic rings. The van der Waals surface area contributed by atoms with Gasteiger partial charge in [0.25, 0.3) is 0 Å². The summed E-state index contributed by atoms with van der Waals surface area (Å²) in [5.41, 5.74) is 7.73. The van der Waals surface area contributed by atoms with Gasteiger partial charge in [-0.05, 0) is 37.1 Å². The SMILES string of the molecule is CNC(=O)C1CCCN(Cc2ccnc(CN)c2)C1. The minimum Gasteiger partial charge on any atom is -0.359 e. The van der Waals surface area contributed by atoms with Crippen molar-refractivity contribution in [2.75, 3.05) is 20.1 Å². The van der Waals surface area contributed by atoms with Gasteiger partial charge >= 0.3 is 0 Å². The number of carbonyl (C=O) groups is 1. The summed E-state index contributed by atoms with van der Waals surface area (Å²) in [7, 11) is 1.71. The van der Waals surface area contributed by atoms with Crippen LogP contribution >= 0.6 is 0 Å². The Bertz CT molecular complexity index is 435. The zero-order chi connectivity index (χ0) is 13.7. The smallest absolute Gasteiger partial charge is 0.224 e. The third kappa shape index (κ3) is 3.75. The first-order valence-electron chi connectivity index (χ1n) is 6.80. The number of pyridine rings is 1. The number of amides is 1. The van der Waals surface area contributed by atoms with Gasteiger partial charge < -0.3 is 11.1 Å². The summed E-state index contributed by atoms with van der Waals surface area (Å²) in [6, 6.07) is 4.06. The van der Waals surface area contributed by atoms with Crippen molar-refractivity contribution >= 4 is 5.91 Å². The van der Waals surface area contributed by atoms with Crippen molar-refractivity contribution in [3.8, 4) is 0 Å². The van der Waals surface area contributed by atoms with E-state index in [1.807, 2.05) is 12.1 Å². The molecule has 1 atom stereocenters. The van der Waals surface area contributed by atoms with Gasteiger partial charge in [0.2, 0.25) is 5.91 Å². The number of piperidine rings is 1. The Labute approximate surface area is 114 Å². The molecule has 1 saturated heterocycles. The van der Waals surface area contributed by atoms with Gasteiger partial charge in [0, 0.05) is 32.9 Å². The van der Waals surface area contributed by atoms with E-state index in [2.05, 4.69) is 15.2 Å². The highest BCUT2D eigenvalue weighted by Crippen LogP contribution is 2.18. The van der Waals surface area contributed by atoms with Crippen molar-refractivity contribution in [3.05, 3.63) is 29.6 Å². The Kier molecular flexibility index (Phi) is 4.87. The van der Waals surface area contributed by atoms with Gasteiger partial charge in [0.05, 0.1) is 11.6 Å². The van der Waals surface area contributed by atoms with Gasteiger partial charge in [-0.2, -0.15) is 0 Å². The first-order chi connectivity index (χ1) is 9.22. The highest BCUT2D eigenvalue weighted by atomic mass is 16.1. The minimum atomic E-state index is 0.120. The summed E-state index contributed by atoms with van der Waals surface area (Å²) < 4.78 is 0. The van der Waals surface area contributed by atoms with Crippen LogP contribution in [0.1, 0.15) is 24.1 Å². The molecule has 1 aromatic heterocycles. The third-order valence-electron chi connectivity index (χ3n) is 3.62. The van der Waals surface area contributed by atoms with Gasteiger partial charge in [0.1, 0.15) is 0 Å². The van der Waals surface area contributed by atoms with Crippen LogP contribution in [0.5, 0.6) is 0 Å². The van der Waals surface area contributed by atoms with E-state index in [1.165, 1.54) is 5.56 Å². The van der Waals surface area contributed by atoms with Gasteiger partial charge in [-0.3, -0.25) is 14.7 Å². The first-order valence-corrected chi connectivity index (χ1v) is 6.80. The van der Waals surface area contributed by atoms with E-state index in [0.29, 0.717) is 6.54 Å². The molecule has 1 aromatic rings. The molecular formula is C14H22N4O. The minimum absolute atomic E-state index is 0.120. The highest BCUT2D eigenvalue weighted by Gasteiger charge is 2.24. The molecular weight excluding hydrogens is 240 g/mol. The molecule has 0 spiro atoms. The molecule has 19 heavy (non-hydrogen) atoms. The molecule has 1 fully saturated rings. The van der Waals surface area contributed by atoms with E-state index in [0.717, 1.165) is 38.2 Å². The second kappa shape index (κ2) is 6.63. The molecule has 0 aliphatic carbocycles. The fourth-order valence-electron chi connectivity index (χ4n) is 2.61. The third-order valence-corrected chi connectivity index (χ3v) is 3.62. The van der Waals surface area contributed by atoms with Gasteiger partial charge in [-0.25, -0.2) is 0 Å². The number of likely N-dealkylation sites (tertiary alicyclic amines) is 1. The maximum Gasteiger partial charge on any atom is 0.224 e. The molecule has 3 N–H and O–H groups in total. The van der Waals surface area contributed by atoms with Crippen LogP contribution in [-0.2, 0) is 17.9 Å². The van der Waals surface area contributed by atoms with Gasteiger partial charge in [-0.1, -0.05) is 0 Å². The first kappa shape index (κ1) is 14.0.